The lowest BCUT2D eigenvalue weighted by atomic mass is 9.90. The zero-order chi connectivity index (χ0) is 15.6. The molecule has 0 bridgehead atoms. The van der Waals surface area contributed by atoms with Gasteiger partial charge in [-0.05, 0) is 18.9 Å². The van der Waals surface area contributed by atoms with Crippen molar-refractivity contribution in [2.24, 2.45) is 5.73 Å². The van der Waals surface area contributed by atoms with Crippen molar-refractivity contribution in [1.82, 2.24) is 4.98 Å². The number of hydrogen-bond donors (Lipinski definition) is 2. The van der Waals surface area contributed by atoms with Crippen LogP contribution in [0.1, 0.15) is 12.8 Å². The largest absolute Gasteiger partial charge is 0.381 e. The molecule has 2 aromatic rings. The smallest absolute Gasteiger partial charge is 0.246 e. The molecule has 5 nitrogen and oxygen atoms in total. The average Bonchev–Trinajstić information content (AvgIpc) is 2.97. The maximum atomic E-state index is 12.4. The molecule has 0 spiro atoms. The van der Waals surface area contributed by atoms with Crippen LogP contribution in [0, 0.1) is 0 Å². The fraction of sp³-hybridized carbons (Fsp3) is 0.333. The molecule has 3 rings (SSSR count). The zero-order valence-corrected chi connectivity index (χ0v) is 14.6. The van der Waals surface area contributed by atoms with Crippen molar-refractivity contribution in [2.75, 3.05) is 18.5 Å². The van der Waals surface area contributed by atoms with Crippen LogP contribution in [-0.2, 0) is 9.53 Å². The molecule has 8 heteroatoms. The Morgan fingerprint density at radius 1 is 1.35 bits per heavy atom. The SMILES string of the molecule is Cl.NC1(C(=O)Nc2nc(-c3ccccc3Cl)cs2)CCOCC1. The van der Waals surface area contributed by atoms with Crippen LogP contribution < -0.4 is 11.1 Å². The van der Waals surface area contributed by atoms with Crippen molar-refractivity contribution < 1.29 is 9.53 Å². The van der Waals surface area contributed by atoms with Crippen molar-refractivity contribution in [3.05, 3.63) is 34.7 Å². The molecule has 3 N–H and O–H groups in total. The number of nitrogens with zero attached hydrogens (tertiary/aromatic N) is 1. The maximum absolute atomic E-state index is 12.4. The predicted octanol–water partition coefficient (Wildman–Crippen LogP) is 3.33. The summed E-state index contributed by atoms with van der Waals surface area (Å²) in [5, 5.41) is 5.83. The Balaban J connectivity index is 0.00000192. The molecule has 1 amide bonds. The number of carbonyl (C=O) groups is 1. The van der Waals surface area contributed by atoms with Gasteiger partial charge < -0.3 is 15.8 Å². The van der Waals surface area contributed by atoms with E-state index in [1.165, 1.54) is 11.3 Å². The molecule has 0 radical (unpaired) electrons. The predicted molar refractivity (Wildman–Crippen MR) is 95.4 cm³/mol. The van der Waals surface area contributed by atoms with E-state index in [2.05, 4.69) is 10.3 Å². The molecule has 2 heterocycles. The fourth-order valence-corrected chi connectivity index (χ4v) is 3.25. The minimum atomic E-state index is -0.880. The molecule has 1 fully saturated rings. The van der Waals surface area contributed by atoms with Gasteiger partial charge in [-0.3, -0.25) is 4.79 Å². The first-order valence-corrected chi connectivity index (χ1v) is 8.23. The molecular formula is C15H17Cl2N3O2S. The van der Waals surface area contributed by atoms with E-state index in [1.807, 2.05) is 29.6 Å². The molecule has 1 aliphatic rings. The lowest BCUT2D eigenvalue weighted by molar-refractivity contribution is -0.124. The molecule has 1 aliphatic heterocycles. The van der Waals surface area contributed by atoms with E-state index in [0.29, 0.717) is 36.2 Å². The van der Waals surface area contributed by atoms with Gasteiger partial charge in [-0.2, -0.15) is 0 Å². The monoisotopic (exact) mass is 373 g/mol. The Kier molecular flexibility index (Phi) is 6.00. The van der Waals surface area contributed by atoms with Crippen LogP contribution in [0.4, 0.5) is 5.13 Å². The molecule has 1 saturated heterocycles. The average molecular weight is 374 g/mol. The highest BCUT2D eigenvalue weighted by atomic mass is 35.5. The summed E-state index contributed by atoms with van der Waals surface area (Å²) in [4.78, 5) is 16.8. The summed E-state index contributed by atoms with van der Waals surface area (Å²) < 4.78 is 5.25. The highest BCUT2D eigenvalue weighted by molar-refractivity contribution is 7.14. The molecule has 0 unspecified atom stereocenters. The number of benzene rings is 1. The van der Waals surface area contributed by atoms with Crippen molar-refractivity contribution >= 4 is 46.4 Å². The maximum Gasteiger partial charge on any atom is 0.246 e. The summed E-state index contributed by atoms with van der Waals surface area (Å²) in [5.74, 6) is -0.212. The van der Waals surface area contributed by atoms with Gasteiger partial charge in [0.2, 0.25) is 5.91 Å². The van der Waals surface area contributed by atoms with Gasteiger partial charge in [0, 0.05) is 29.2 Å². The second-order valence-corrected chi connectivity index (χ2v) is 6.51. The molecule has 1 aromatic heterocycles. The lowest BCUT2D eigenvalue weighted by Crippen LogP contribution is -2.54. The van der Waals surface area contributed by atoms with Crippen molar-refractivity contribution in [3.63, 3.8) is 0 Å². The summed E-state index contributed by atoms with van der Waals surface area (Å²) in [6.45, 7) is 1.01. The minimum absolute atomic E-state index is 0. The van der Waals surface area contributed by atoms with Gasteiger partial charge >= 0.3 is 0 Å². The minimum Gasteiger partial charge on any atom is -0.381 e. The summed E-state index contributed by atoms with van der Waals surface area (Å²) in [7, 11) is 0. The number of nitrogens with one attached hydrogen (secondary N) is 1. The Morgan fingerprint density at radius 2 is 2.04 bits per heavy atom. The highest BCUT2D eigenvalue weighted by Gasteiger charge is 2.36. The summed E-state index contributed by atoms with van der Waals surface area (Å²) in [5.41, 5.74) is 6.86. The van der Waals surface area contributed by atoms with E-state index in [4.69, 9.17) is 22.1 Å². The van der Waals surface area contributed by atoms with Crippen molar-refractivity contribution in [1.29, 1.82) is 0 Å². The number of halogens is 2. The number of thiazole rings is 1. The quantitative estimate of drug-likeness (QED) is 0.864. The van der Waals surface area contributed by atoms with Gasteiger partial charge in [-0.15, -0.1) is 23.7 Å². The zero-order valence-electron chi connectivity index (χ0n) is 12.3. The number of hydrogen-bond acceptors (Lipinski definition) is 5. The fourth-order valence-electron chi connectivity index (χ4n) is 2.31. The Labute approximate surface area is 149 Å². The number of ether oxygens (including phenoxy) is 1. The highest BCUT2D eigenvalue weighted by Crippen LogP contribution is 2.30. The van der Waals surface area contributed by atoms with Crippen LogP contribution in [0.25, 0.3) is 11.3 Å². The Bertz CT molecular complexity index is 687. The Morgan fingerprint density at radius 3 is 2.74 bits per heavy atom. The summed E-state index contributed by atoms with van der Waals surface area (Å²) in [6, 6.07) is 7.47. The van der Waals surface area contributed by atoms with E-state index < -0.39 is 5.54 Å². The van der Waals surface area contributed by atoms with Crippen LogP contribution >= 0.6 is 35.3 Å². The van der Waals surface area contributed by atoms with Crippen molar-refractivity contribution in [3.8, 4) is 11.3 Å². The topological polar surface area (TPSA) is 77.2 Å². The number of nitrogens with two attached hydrogens (primary N) is 1. The number of carbonyl (C=O) groups excluding carboxylic acids is 1. The standard InChI is InChI=1S/C15H16ClN3O2S.ClH/c16-11-4-2-1-3-10(11)12-9-22-14(18-12)19-13(20)15(17)5-7-21-8-6-15;/h1-4,9H,5-8,17H2,(H,18,19,20);1H. The molecule has 0 aliphatic carbocycles. The first-order valence-electron chi connectivity index (χ1n) is 6.97. The van der Waals surface area contributed by atoms with Gasteiger partial charge in [0.25, 0.3) is 0 Å². The van der Waals surface area contributed by atoms with E-state index in [-0.39, 0.29) is 18.3 Å². The first kappa shape index (κ1) is 18.2. The van der Waals surface area contributed by atoms with E-state index in [0.717, 1.165) is 11.3 Å². The number of anilines is 1. The van der Waals surface area contributed by atoms with Gasteiger partial charge in [0.05, 0.1) is 5.69 Å². The summed E-state index contributed by atoms with van der Waals surface area (Å²) >= 11 is 7.52. The van der Waals surface area contributed by atoms with E-state index in [9.17, 15) is 4.79 Å². The van der Waals surface area contributed by atoms with Gasteiger partial charge in [-0.1, -0.05) is 29.8 Å². The van der Waals surface area contributed by atoms with Crippen LogP contribution in [-0.4, -0.2) is 29.6 Å². The van der Waals surface area contributed by atoms with E-state index in [1.54, 1.807) is 0 Å². The summed E-state index contributed by atoms with van der Waals surface area (Å²) in [6.07, 6.45) is 1.03. The Hall–Kier alpha value is -1.18. The molecule has 23 heavy (non-hydrogen) atoms. The molecule has 0 saturated carbocycles. The van der Waals surface area contributed by atoms with Gasteiger partial charge in [0.1, 0.15) is 5.54 Å². The molecular weight excluding hydrogens is 357 g/mol. The normalized spacial score (nSPS) is 16.4. The third-order valence-corrected chi connectivity index (χ3v) is 4.80. The van der Waals surface area contributed by atoms with Crippen LogP contribution in [0.3, 0.4) is 0 Å². The number of rotatable bonds is 3. The molecule has 124 valence electrons. The van der Waals surface area contributed by atoms with Gasteiger partial charge in [-0.25, -0.2) is 4.98 Å². The van der Waals surface area contributed by atoms with Crippen LogP contribution in [0.15, 0.2) is 29.6 Å². The van der Waals surface area contributed by atoms with Crippen LogP contribution in [0.2, 0.25) is 5.02 Å². The van der Waals surface area contributed by atoms with Crippen LogP contribution in [0.5, 0.6) is 0 Å². The first-order chi connectivity index (χ1) is 10.6. The number of amides is 1. The van der Waals surface area contributed by atoms with Gasteiger partial charge in [0.15, 0.2) is 5.13 Å². The molecule has 1 aromatic carbocycles. The lowest BCUT2D eigenvalue weighted by Gasteiger charge is -2.31. The number of aromatic nitrogens is 1. The second-order valence-electron chi connectivity index (χ2n) is 5.24. The van der Waals surface area contributed by atoms with E-state index >= 15 is 0 Å². The van der Waals surface area contributed by atoms with Crippen molar-refractivity contribution in [2.45, 2.75) is 18.4 Å². The third kappa shape index (κ3) is 4.02. The molecule has 0 atom stereocenters. The second kappa shape index (κ2) is 7.59. The third-order valence-electron chi connectivity index (χ3n) is 3.71.